The molecular weight excluding hydrogens is 350 g/mol. The fourth-order valence-corrected chi connectivity index (χ4v) is 9.07. The molecule has 4 saturated carbocycles. The van der Waals surface area contributed by atoms with Gasteiger partial charge in [-0.1, -0.05) is 20.3 Å². The van der Waals surface area contributed by atoms with Crippen LogP contribution in [0.2, 0.25) is 0 Å². The molecule has 5 rings (SSSR count). The van der Waals surface area contributed by atoms with Crippen LogP contribution in [-0.2, 0) is 0 Å². The molecule has 5 aliphatic rings. The summed E-state index contributed by atoms with van der Waals surface area (Å²) in [6.45, 7) is 5.66. The third-order valence-electron chi connectivity index (χ3n) is 10.9. The van der Waals surface area contributed by atoms with Crippen LogP contribution < -0.4 is 5.32 Å². The first-order valence-electron chi connectivity index (χ1n) is 12.1. The van der Waals surface area contributed by atoms with Gasteiger partial charge in [-0.2, -0.15) is 0 Å². The molecule has 4 N–H and O–H groups in total. The van der Waals surface area contributed by atoms with Crippen LogP contribution in [0.4, 0.5) is 0 Å². The maximum atomic E-state index is 12.3. The second kappa shape index (κ2) is 6.42. The minimum absolute atomic E-state index is 0.125. The molecule has 28 heavy (non-hydrogen) atoms. The number of hydrogen-bond donors (Lipinski definition) is 4. The summed E-state index contributed by atoms with van der Waals surface area (Å²) in [4.78, 5) is 0. The summed E-state index contributed by atoms with van der Waals surface area (Å²) in [7, 11) is 0. The van der Waals surface area contributed by atoms with Crippen molar-refractivity contribution in [3.05, 3.63) is 0 Å². The number of rotatable bonds is 1. The lowest BCUT2D eigenvalue weighted by Crippen LogP contribution is -2.69. The maximum absolute atomic E-state index is 12.3. The average molecular weight is 392 g/mol. The number of nitrogens with one attached hydrogen (secondary N) is 1. The summed E-state index contributed by atoms with van der Waals surface area (Å²) in [6.07, 6.45) is 12.0. The average Bonchev–Trinajstić information content (AvgIpc) is 2.91. The second-order valence-electron chi connectivity index (χ2n) is 11.6. The zero-order valence-corrected chi connectivity index (χ0v) is 17.9. The van der Waals surface area contributed by atoms with E-state index in [0.29, 0.717) is 17.8 Å². The number of fused-ring (bicyclic) bond motifs is 5. The van der Waals surface area contributed by atoms with Crippen molar-refractivity contribution in [3.63, 3.8) is 0 Å². The van der Waals surface area contributed by atoms with Crippen LogP contribution in [0.1, 0.15) is 90.9 Å². The van der Waals surface area contributed by atoms with Crippen LogP contribution in [0.15, 0.2) is 0 Å². The molecule has 160 valence electrons. The molecule has 4 aliphatic carbocycles. The summed E-state index contributed by atoms with van der Waals surface area (Å²) < 4.78 is 0. The fourth-order valence-electron chi connectivity index (χ4n) is 9.07. The molecule has 0 aromatic heterocycles. The largest absolute Gasteiger partial charge is 0.393 e. The van der Waals surface area contributed by atoms with E-state index in [9.17, 15) is 15.3 Å². The third kappa shape index (κ3) is 2.38. The van der Waals surface area contributed by atoms with Gasteiger partial charge in [0.1, 0.15) is 0 Å². The minimum atomic E-state index is -0.784. The Morgan fingerprint density at radius 1 is 0.786 bits per heavy atom. The van der Waals surface area contributed by atoms with Crippen molar-refractivity contribution in [2.24, 2.45) is 28.6 Å². The summed E-state index contributed by atoms with van der Waals surface area (Å²) >= 11 is 0. The predicted octanol–water partition coefficient (Wildman–Crippen LogP) is 3.38. The Labute approximate surface area is 170 Å². The van der Waals surface area contributed by atoms with Gasteiger partial charge in [0.05, 0.1) is 17.3 Å². The molecule has 9 atom stereocenters. The van der Waals surface area contributed by atoms with Gasteiger partial charge in [0.15, 0.2) is 0 Å². The molecule has 4 unspecified atom stereocenters. The molecule has 5 fully saturated rings. The lowest BCUT2D eigenvalue weighted by Gasteiger charge is -2.65. The Balaban J connectivity index is 1.47. The van der Waals surface area contributed by atoms with Crippen LogP contribution in [-0.4, -0.2) is 45.2 Å². The number of aliphatic hydroxyl groups is 3. The van der Waals surface area contributed by atoms with E-state index in [-0.39, 0.29) is 17.6 Å². The monoisotopic (exact) mass is 391 g/mol. The van der Waals surface area contributed by atoms with E-state index >= 15 is 0 Å². The molecule has 0 aromatic rings. The molecule has 1 heterocycles. The maximum Gasteiger partial charge on any atom is 0.0881 e. The molecule has 0 amide bonds. The summed E-state index contributed by atoms with van der Waals surface area (Å²) in [5.74, 6) is 1.45. The van der Waals surface area contributed by atoms with Crippen LogP contribution in [0, 0.1) is 28.6 Å². The first kappa shape index (κ1) is 19.8. The smallest absolute Gasteiger partial charge is 0.0881 e. The summed E-state index contributed by atoms with van der Waals surface area (Å²) in [5, 5.41) is 38.1. The Bertz CT molecular complexity index is 621. The van der Waals surface area contributed by atoms with Gasteiger partial charge in [0.25, 0.3) is 0 Å². The zero-order valence-electron chi connectivity index (χ0n) is 17.9. The van der Waals surface area contributed by atoms with Crippen molar-refractivity contribution in [3.8, 4) is 0 Å². The topological polar surface area (TPSA) is 72.7 Å². The van der Waals surface area contributed by atoms with Crippen molar-refractivity contribution < 1.29 is 15.3 Å². The lowest BCUT2D eigenvalue weighted by atomic mass is 9.42. The van der Waals surface area contributed by atoms with E-state index in [1.807, 2.05) is 0 Å². The van der Waals surface area contributed by atoms with Crippen molar-refractivity contribution in [2.45, 2.75) is 114 Å². The third-order valence-corrected chi connectivity index (χ3v) is 10.9. The van der Waals surface area contributed by atoms with Gasteiger partial charge in [0.2, 0.25) is 0 Å². The van der Waals surface area contributed by atoms with Gasteiger partial charge < -0.3 is 20.6 Å². The van der Waals surface area contributed by atoms with Crippen LogP contribution in [0.5, 0.6) is 0 Å². The predicted molar refractivity (Wildman–Crippen MR) is 110 cm³/mol. The Morgan fingerprint density at radius 2 is 1.57 bits per heavy atom. The lowest BCUT2D eigenvalue weighted by molar-refractivity contribution is -0.241. The Hall–Kier alpha value is -0.160. The highest BCUT2D eigenvalue weighted by atomic mass is 16.3. The van der Waals surface area contributed by atoms with Gasteiger partial charge in [-0.15, -0.1) is 0 Å². The van der Waals surface area contributed by atoms with E-state index in [0.717, 1.165) is 70.8 Å². The van der Waals surface area contributed by atoms with Crippen molar-refractivity contribution in [2.75, 3.05) is 6.54 Å². The van der Waals surface area contributed by atoms with Crippen molar-refractivity contribution >= 4 is 0 Å². The zero-order chi connectivity index (χ0) is 19.8. The molecule has 4 heteroatoms. The minimum Gasteiger partial charge on any atom is -0.393 e. The first-order valence-corrected chi connectivity index (χ1v) is 12.1. The van der Waals surface area contributed by atoms with Crippen LogP contribution in [0.3, 0.4) is 0 Å². The van der Waals surface area contributed by atoms with E-state index < -0.39 is 16.6 Å². The Kier molecular flexibility index (Phi) is 4.53. The van der Waals surface area contributed by atoms with Gasteiger partial charge in [0, 0.05) is 11.5 Å². The molecule has 0 aromatic carbocycles. The van der Waals surface area contributed by atoms with E-state index in [1.54, 1.807) is 0 Å². The molecule has 4 nitrogen and oxygen atoms in total. The molecule has 1 aliphatic heterocycles. The second-order valence-corrected chi connectivity index (χ2v) is 11.6. The van der Waals surface area contributed by atoms with Crippen LogP contribution in [0.25, 0.3) is 0 Å². The Morgan fingerprint density at radius 3 is 2.32 bits per heavy atom. The number of piperidine rings is 1. The van der Waals surface area contributed by atoms with Crippen LogP contribution >= 0.6 is 0 Å². The van der Waals surface area contributed by atoms with E-state index in [2.05, 4.69) is 19.2 Å². The van der Waals surface area contributed by atoms with Crippen molar-refractivity contribution in [1.29, 1.82) is 0 Å². The fraction of sp³-hybridized carbons (Fsp3) is 1.00. The highest BCUT2D eigenvalue weighted by Gasteiger charge is 2.72. The van der Waals surface area contributed by atoms with E-state index in [4.69, 9.17) is 0 Å². The number of hydrogen-bond acceptors (Lipinski definition) is 4. The van der Waals surface area contributed by atoms with Crippen molar-refractivity contribution in [1.82, 2.24) is 5.32 Å². The standard InChI is InChI=1S/C24H41NO3/c1-21-10-8-17(26)15-16(21)6-7-19-18(21)9-11-22(2)23(19,27)12-13-24(22,28)20-5-3-4-14-25-20/h16-20,25-28H,3-15H2,1-2H3/t16?,17?,18-,19-,20?,21+,22+,23-,24?/m1/s1. The van der Waals surface area contributed by atoms with Gasteiger partial charge in [-0.25, -0.2) is 0 Å². The van der Waals surface area contributed by atoms with Gasteiger partial charge >= 0.3 is 0 Å². The van der Waals surface area contributed by atoms with Gasteiger partial charge in [-0.05, 0) is 100 Å². The molecule has 0 bridgehead atoms. The quantitative estimate of drug-likeness (QED) is 0.553. The normalized spacial score (nSPS) is 59.2. The molecule has 1 saturated heterocycles. The number of aliphatic hydroxyl groups excluding tert-OH is 1. The molecular formula is C24H41NO3. The SMILES string of the molecule is C[C@]12CCC(O)CC1CC[C@@H]1[C@H]2CC[C@]2(C)C(O)(C3CCCCN3)CC[C@@]12O. The molecule has 0 radical (unpaired) electrons. The highest BCUT2D eigenvalue weighted by Crippen LogP contribution is 2.70. The summed E-state index contributed by atoms with van der Waals surface area (Å²) in [5.41, 5.74) is -1.68. The first-order chi connectivity index (χ1) is 13.2. The highest BCUT2D eigenvalue weighted by molar-refractivity contribution is 5.24. The molecule has 0 spiro atoms. The van der Waals surface area contributed by atoms with E-state index in [1.165, 1.54) is 12.8 Å². The summed E-state index contributed by atoms with van der Waals surface area (Å²) in [6, 6.07) is 0.133. The van der Waals surface area contributed by atoms with Gasteiger partial charge in [-0.3, -0.25) is 0 Å².